The molecule has 1 atom stereocenters. The van der Waals surface area contributed by atoms with Crippen LogP contribution in [0.15, 0.2) is 24.3 Å². The Labute approximate surface area is 115 Å². The summed E-state index contributed by atoms with van der Waals surface area (Å²) >= 11 is 0. The fourth-order valence-corrected chi connectivity index (χ4v) is 3.61. The van der Waals surface area contributed by atoms with Crippen LogP contribution in [0.5, 0.6) is 0 Å². The van der Waals surface area contributed by atoms with Gasteiger partial charge in [-0.05, 0) is 43.4 Å². The number of nitrogens with one attached hydrogen (secondary N) is 1. The van der Waals surface area contributed by atoms with Crippen molar-refractivity contribution < 1.29 is 5.11 Å². The molecular weight excluding hydrogens is 236 g/mol. The van der Waals surface area contributed by atoms with E-state index in [9.17, 15) is 5.11 Å². The highest BCUT2D eigenvalue weighted by Crippen LogP contribution is 2.33. The predicted molar refractivity (Wildman–Crippen MR) is 77.3 cm³/mol. The third-order valence-corrected chi connectivity index (χ3v) is 4.80. The van der Waals surface area contributed by atoms with Crippen molar-refractivity contribution in [2.45, 2.75) is 31.2 Å². The van der Waals surface area contributed by atoms with E-state index in [4.69, 9.17) is 0 Å². The Bertz CT molecular complexity index is 427. The molecule has 1 fully saturated rings. The average molecular weight is 260 g/mol. The van der Waals surface area contributed by atoms with Crippen molar-refractivity contribution >= 4 is 0 Å². The molecule has 1 heterocycles. The number of fused-ring (bicyclic) bond motifs is 1. The molecule has 0 aromatic heterocycles. The normalized spacial score (nSPS) is 28.7. The molecule has 3 rings (SSSR count). The smallest absolute Gasteiger partial charge is 0.0618 e. The van der Waals surface area contributed by atoms with Crippen LogP contribution in [0.3, 0.4) is 0 Å². The minimum Gasteiger partial charge on any atom is -0.394 e. The van der Waals surface area contributed by atoms with Crippen LogP contribution in [-0.2, 0) is 12.8 Å². The quantitative estimate of drug-likeness (QED) is 0.839. The van der Waals surface area contributed by atoms with E-state index in [2.05, 4.69) is 34.5 Å². The number of hydrogen-bond donors (Lipinski definition) is 2. The molecule has 2 N–H and O–H groups in total. The Hall–Kier alpha value is -0.900. The van der Waals surface area contributed by atoms with E-state index in [1.165, 1.54) is 17.5 Å². The number of hydrogen-bond acceptors (Lipinski definition) is 3. The third kappa shape index (κ3) is 2.55. The maximum Gasteiger partial charge on any atom is 0.0618 e. The molecule has 1 aromatic carbocycles. The summed E-state index contributed by atoms with van der Waals surface area (Å²) in [4.78, 5) is 2.53. The van der Waals surface area contributed by atoms with Crippen LogP contribution in [-0.4, -0.2) is 48.3 Å². The molecule has 0 saturated carbocycles. The van der Waals surface area contributed by atoms with Gasteiger partial charge >= 0.3 is 0 Å². The molecule has 19 heavy (non-hydrogen) atoms. The van der Waals surface area contributed by atoms with Crippen molar-refractivity contribution in [2.75, 3.05) is 32.8 Å². The van der Waals surface area contributed by atoms with Crippen molar-refractivity contribution in [3.63, 3.8) is 0 Å². The molecule has 0 bridgehead atoms. The monoisotopic (exact) mass is 260 g/mol. The SMILES string of the molecule is OCC1(N2CCCNCC2)CCc2ccccc2C1. The zero-order chi connectivity index (χ0) is 13.1. The molecule has 0 spiro atoms. The second kappa shape index (κ2) is 5.61. The van der Waals surface area contributed by atoms with E-state index in [1.54, 1.807) is 0 Å². The molecule has 1 aliphatic heterocycles. The second-order valence-corrected chi connectivity index (χ2v) is 5.92. The lowest BCUT2D eigenvalue weighted by Crippen LogP contribution is -2.56. The summed E-state index contributed by atoms with van der Waals surface area (Å²) in [6.07, 6.45) is 4.37. The molecule has 2 aliphatic rings. The number of rotatable bonds is 2. The first-order valence-electron chi connectivity index (χ1n) is 7.47. The number of nitrogens with zero attached hydrogens (tertiary/aromatic N) is 1. The van der Waals surface area contributed by atoms with Crippen molar-refractivity contribution in [1.82, 2.24) is 10.2 Å². The van der Waals surface area contributed by atoms with Crippen molar-refractivity contribution in [3.05, 3.63) is 35.4 Å². The topological polar surface area (TPSA) is 35.5 Å². The van der Waals surface area contributed by atoms with E-state index in [-0.39, 0.29) is 12.1 Å². The minimum absolute atomic E-state index is 0.0274. The Morgan fingerprint density at radius 2 is 2.00 bits per heavy atom. The first-order valence-corrected chi connectivity index (χ1v) is 7.47. The van der Waals surface area contributed by atoms with Crippen molar-refractivity contribution in [2.24, 2.45) is 0 Å². The van der Waals surface area contributed by atoms with Gasteiger partial charge in [-0.25, -0.2) is 0 Å². The molecule has 1 aliphatic carbocycles. The summed E-state index contributed by atoms with van der Waals surface area (Å²) in [5.74, 6) is 0. The summed E-state index contributed by atoms with van der Waals surface area (Å²) in [6.45, 7) is 4.60. The van der Waals surface area contributed by atoms with E-state index in [0.29, 0.717) is 0 Å². The molecule has 1 unspecified atom stereocenters. The number of aliphatic hydroxyl groups excluding tert-OH is 1. The maximum absolute atomic E-state index is 10.0. The average Bonchev–Trinajstić information content (AvgIpc) is 2.76. The Morgan fingerprint density at radius 3 is 2.84 bits per heavy atom. The molecule has 0 amide bonds. The lowest BCUT2D eigenvalue weighted by molar-refractivity contribution is 0.0222. The molecule has 1 saturated heterocycles. The van der Waals surface area contributed by atoms with E-state index in [0.717, 1.165) is 45.4 Å². The lowest BCUT2D eigenvalue weighted by atomic mass is 9.77. The number of aryl methyl sites for hydroxylation is 1. The second-order valence-electron chi connectivity index (χ2n) is 5.92. The standard InChI is InChI=1S/C16H24N2O/c19-13-16(18-10-3-8-17-9-11-18)7-6-14-4-1-2-5-15(14)12-16/h1-2,4-5,17,19H,3,6-13H2. The van der Waals surface area contributed by atoms with Gasteiger partial charge in [0.25, 0.3) is 0 Å². The Morgan fingerprint density at radius 1 is 1.16 bits per heavy atom. The van der Waals surface area contributed by atoms with Crippen LogP contribution in [0.1, 0.15) is 24.0 Å². The molecule has 1 aromatic rings. The maximum atomic E-state index is 10.0. The molecular formula is C16H24N2O. The van der Waals surface area contributed by atoms with Gasteiger partial charge in [-0.1, -0.05) is 24.3 Å². The number of aliphatic hydroxyl groups is 1. The summed E-state index contributed by atoms with van der Waals surface area (Å²) < 4.78 is 0. The first kappa shape index (κ1) is 13.1. The van der Waals surface area contributed by atoms with Gasteiger partial charge < -0.3 is 10.4 Å². The largest absolute Gasteiger partial charge is 0.394 e. The van der Waals surface area contributed by atoms with E-state index in [1.807, 2.05) is 0 Å². The van der Waals surface area contributed by atoms with Gasteiger partial charge in [-0.3, -0.25) is 4.90 Å². The van der Waals surface area contributed by atoms with Gasteiger partial charge in [0.2, 0.25) is 0 Å². The number of benzene rings is 1. The van der Waals surface area contributed by atoms with Gasteiger partial charge in [-0.15, -0.1) is 0 Å². The highest BCUT2D eigenvalue weighted by atomic mass is 16.3. The van der Waals surface area contributed by atoms with Crippen LogP contribution < -0.4 is 5.32 Å². The molecule has 0 radical (unpaired) electrons. The van der Waals surface area contributed by atoms with Gasteiger partial charge in [0.1, 0.15) is 0 Å². The predicted octanol–water partition coefficient (Wildman–Crippen LogP) is 1.20. The molecule has 3 heteroatoms. The van der Waals surface area contributed by atoms with Crippen LogP contribution in [0, 0.1) is 0 Å². The summed E-state index contributed by atoms with van der Waals surface area (Å²) in [5.41, 5.74) is 2.87. The highest BCUT2D eigenvalue weighted by Gasteiger charge is 2.39. The van der Waals surface area contributed by atoms with Gasteiger partial charge in [0.15, 0.2) is 0 Å². The summed E-state index contributed by atoms with van der Waals surface area (Å²) in [5, 5.41) is 13.5. The van der Waals surface area contributed by atoms with Gasteiger partial charge in [-0.2, -0.15) is 0 Å². The lowest BCUT2D eigenvalue weighted by Gasteiger charge is -2.45. The van der Waals surface area contributed by atoms with Gasteiger partial charge in [0, 0.05) is 25.2 Å². The van der Waals surface area contributed by atoms with Crippen LogP contribution in [0.25, 0.3) is 0 Å². The zero-order valence-corrected chi connectivity index (χ0v) is 11.6. The van der Waals surface area contributed by atoms with Gasteiger partial charge in [0.05, 0.1) is 6.61 Å². The van der Waals surface area contributed by atoms with Crippen molar-refractivity contribution in [3.8, 4) is 0 Å². The third-order valence-electron chi connectivity index (χ3n) is 4.80. The zero-order valence-electron chi connectivity index (χ0n) is 11.6. The Kier molecular flexibility index (Phi) is 3.87. The molecule has 3 nitrogen and oxygen atoms in total. The van der Waals surface area contributed by atoms with E-state index >= 15 is 0 Å². The summed E-state index contributed by atoms with van der Waals surface area (Å²) in [6, 6.07) is 8.71. The van der Waals surface area contributed by atoms with Crippen LogP contribution >= 0.6 is 0 Å². The first-order chi connectivity index (χ1) is 9.34. The highest BCUT2D eigenvalue weighted by molar-refractivity contribution is 5.32. The van der Waals surface area contributed by atoms with Crippen LogP contribution in [0.2, 0.25) is 0 Å². The summed E-state index contributed by atoms with van der Waals surface area (Å²) in [7, 11) is 0. The Balaban J connectivity index is 1.84. The fraction of sp³-hybridized carbons (Fsp3) is 0.625. The van der Waals surface area contributed by atoms with Crippen molar-refractivity contribution in [1.29, 1.82) is 0 Å². The minimum atomic E-state index is -0.0274. The fourth-order valence-electron chi connectivity index (χ4n) is 3.61. The van der Waals surface area contributed by atoms with E-state index < -0.39 is 0 Å². The molecule has 104 valence electrons. The van der Waals surface area contributed by atoms with Crippen LogP contribution in [0.4, 0.5) is 0 Å².